The van der Waals surface area contributed by atoms with E-state index in [1.54, 1.807) is 13.8 Å². The van der Waals surface area contributed by atoms with E-state index in [0.29, 0.717) is 12.2 Å². The van der Waals surface area contributed by atoms with Crippen LogP contribution < -0.4 is 5.46 Å². The molecule has 3 nitrogen and oxygen atoms in total. The van der Waals surface area contributed by atoms with Gasteiger partial charge in [0, 0.05) is 34.8 Å². The summed E-state index contributed by atoms with van der Waals surface area (Å²) in [5.74, 6) is -0.284. The topological polar surface area (TPSA) is 31.2 Å². The molecule has 0 unspecified atom stereocenters. The lowest BCUT2D eigenvalue weighted by atomic mass is 9.94. The van der Waals surface area contributed by atoms with Crippen LogP contribution in [0.1, 0.15) is 26.3 Å². The van der Waals surface area contributed by atoms with Gasteiger partial charge in [0.15, 0.2) is 0 Å². The molecule has 2 aromatic rings. The number of carbonyl (C=O) groups excluding carboxylic acids is 1. The van der Waals surface area contributed by atoms with Crippen LogP contribution in [-0.2, 0) is 16.1 Å². The van der Waals surface area contributed by atoms with Crippen LogP contribution in [0.3, 0.4) is 0 Å². The highest BCUT2D eigenvalue weighted by Crippen LogP contribution is 2.23. The number of aromatic nitrogens is 1. The quantitative estimate of drug-likeness (QED) is 0.484. The van der Waals surface area contributed by atoms with Gasteiger partial charge < -0.3 is 9.30 Å². The fraction of sp³-hybridized carbons (Fsp3) is 0.312. The molecule has 0 saturated carbocycles. The van der Waals surface area contributed by atoms with Crippen LogP contribution in [0.4, 0.5) is 0 Å². The Bertz CT molecular complexity index is 670. The first-order valence-electron chi connectivity index (χ1n) is 6.80. The van der Waals surface area contributed by atoms with Gasteiger partial charge in [0.2, 0.25) is 0 Å². The minimum absolute atomic E-state index is 0.284. The molecule has 0 aliphatic heterocycles. The molecule has 1 heterocycles. The molecule has 0 saturated heterocycles. The van der Waals surface area contributed by atoms with Gasteiger partial charge in [0.1, 0.15) is 7.85 Å². The smallest absolute Gasteiger partial charge is 0.333 e. The van der Waals surface area contributed by atoms with Crippen molar-refractivity contribution >= 4 is 36.3 Å². The fourth-order valence-electron chi connectivity index (χ4n) is 2.26. The Labute approximate surface area is 120 Å². The maximum atomic E-state index is 11.7. The van der Waals surface area contributed by atoms with Crippen molar-refractivity contribution in [3.8, 4) is 0 Å². The Morgan fingerprint density at radius 2 is 2.15 bits per heavy atom. The molecule has 0 atom stereocenters. The number of hydrogen-bond donors (Lipinski definition) is 0. The third kappa shape index (κ3) is 2.79. The van der Waals surface area contributed by atoms with E-state index in [0.717, 1.165) is 28.5 Å². The van der Waals surface area contributed by atoms with Crippen LogP contribution in [0.25, 0.3) is 17.0 Å². The van der Waals surface area contributed by atoms with Crippen LogP contribution in [0.15, 0.2) is 30.0 Å². The van der Waals surface area contributed by atoms with E-state index in [1.165, 1.54) is 0 Å². The summed E-state index contributed by atoms with van der Waals surface area (Å²) in [7, 11) is 5.86. The lowest BCUT2D eigenvalue weighted by molar-refractivity contribution is -0.138. The predicted octanol–water partition coefficient (Wildman–Crippen LogP) is 2.42. The molecular formula is C16H18BNO2. The Morgan fingerprint density at radius 3 is 2.80 bits per heavy atom. The molecule has 0 bridgehead atoms. The zero-order valence-corrected chi connectivity index (χ0v) is 12.1. The molecule has 0 aliphatic rings. The molecule has 2 rings (SSSR count). The number of rotatable bonds is 4. The first-order valence-corrected chi connectivity index (χ1v) is 6.80. The van der Waals surface area contributed by atoms with Gasteiger partial charge in [-0.3, -0.25) is 0 Å². The summed E-state index contributed by atoms with van der Waals surface area (Å²) in [6.07, 6.45) is 3.89. The van der Waals surface area contributed by atoms with E-state index < -0.39 is 0 Å². The third-order valence-corrected chi connectivity index (χ3v) is 3.25. The van der Waals surface area contributed by atoms with Gasteiger partial charge in [-0.2, -0.15) is 0 Å². The van der Waals surface area contributed by atoms with E-state index in [-0.39, 0.29) is 5.97 Å². The number of carbonyl (C=O) groups is 1. The van der Waals surface area contributed by atoms with Gasteiger partial charge in [0.25, 0.3) is 0 Å². The maximum Gasteiger partial charge on any atom is 0.333 e. The van der Waals surface area contributed by atoms with E-state index in [9.17, 15) is 4.79 Å². The van der Waals surface area contributed by atoms with Crippen LogP contribution in [0.2, 0.25) is 0 Å². The Kier molecular flexibility index (Phi) is 4.33. The number of hydrogen-bond acceptors (Lipinski definition) is 2. The first-order chi connectivity index (χ1) is 9.56. The van der Waals surface area contributed by atoms with Crippen LogP contribution >= 0.6 is 0 Å². The van der Waals surface area contributed by atoms with Gasteiger partial charge in [-0.25, -0.2) is 4.79 Å². The minimum atomic E-state index is -0.284. The summed E-state index contributed by atoms with van der Waals surface area (Å²) >= 11 is 0. The Morgan fingerprint density at radius 1 is 1.40 bits per heavy atom. The second-order valence-electron chi connectivity index (χ2n) is 4.69. The molecule has 20 heavy (non-hydrogen) atoms. The molecule has 0 N–H and O–H groups in total. The second-order valence-corrected chi connectivity index (χ2v) is 4.69. The van der Waals surface area contributed by atoms with Gasteiger partial charge in [-0.05, 0) is 32.9 Å². The van der Waals surface area contributed by atoms with Crippen molar-refractivity contribution in [1.82, 2.24) is 4.57 Å². The van der Waals surface area contributed by atoms with Crippen molar-refractivity contribution in [3.05, 3.63) is 35.5 Å². The molecule has 102 valence electrons. The largest absolute Gasteiger partial charge is 0.463 e. The van der Waals surface area contributed by atoms with Gasteiger partial charge in [-0.15, -0.1) is 0 Å². The van der Waals surface area contributed by atoms with Crippen molar-refractivity contribution in [3.63, 3.8) is 0 Å². The highest BCUT2D eigenvalue weighted by molar-refractivity contribution is 6.33. The Hall–Kier alpha value is -1.97. The first kappa shape index (κ1) is 14.4. The fourth-order valence-corrected chi connectivity index (χ4v) is 2.26. The van der Waals surface area contributed by atoms with Crippen molar-refractivity contribution in [2.45, 2.75) is 27.3 Å². The molecule has 4 heteroatoms. The monoisotopic (exact) mass is 267 g/mol. The standard InChI is InChI=1S/C16H18BNO2/c1-4-18-10-12(8-11(3)16(19)20-5-2)14-9-13(17)6-7-15(14)18/h6-10H,4-5H2,1-3H3/b11-8-. The van der Waals surface area contributed by atoms with Crippen molar-refractivity contribution in [2.24, 2.45) is 0 Å². The summed E-state index contributed by atoms with van der Waals surface area (Å²) < 4.78 is 7.14. The molecular weight excluding hydrogens is 249 g/mol. The van der Waals surface area contributed by atoms with Crippen LogP contribution in [0, 0.1) is 0 Å². The summed E-state index contributed by atoms with van der Waals surface area (Å²) in [4.78, 5) is 11.7. The average Bonchev–Trinajstić information content (AvgIpc) is 2.76. The van der Waals surface area contributed by atoms with E-state index in [2.05, 4.69) is 11.5 Å². The molecule has 1 aromatic carbocycles. The van der Waals surface area contributed by atoms with Crippen molar-refractivity contribution < 1.29 is 9.53 Å². The summed E-state index contributed by atoms with van der Waals surface area (Å²) in [5.41, 5.74) is 3.41. The van der Waals surface area contributed by atoms with Crippen LogP contribution in [0.5, 0.6) is 0 Å². The highest BCUT2D eigenvalue weighted by Gasteiger charge is 2.09. The molecule has 0 amide bonds. The Balaban J connectivity index is 2.51. The normalized spacial score (nSPS) is 11.8. The average molecular weight is 267 g/mol. The maximum absolute atomic E-state index is 11.7. The summed E-state index contributed by atoms with van der Waals surface area (Å²) in [6.45, 7) is 6.90. The number of benzene rings is 1. The van der Waals surface area contributed by atoms with E-state index in [1.807, 2.05) is 30.5 Å². The van der Waals surface area contributed by atoms with Gasteiger partial charge in [-0.1, -0.05) is 17.6 Å². The summed E-state index contributed by atoms with van der Waals surface area (Å²) in [6, 6.07) is 5.83. The van der Waals surface area contributed by atoms with Crippen LogP contribution in [-0.4, -0.2) is 25.0 Å². The molecule has 0 aliphatic carbocycles. The minimum Gasteiger partial charge on any atom is -0.463 e. The van der Waals surface area contributed by atoms with Crippen molar-refractivity contribution in [2.75, 3.05) is 6.61 Å². The lowest BCUT2D eigenvalue weighted by Crippen LogP contribution is -2.04. The predicted molar refractivity (Wildman–Crippen MR) is 83.3 cm³/mol. The van der Waals surface area contributed by atoms with Gasteiger partial charge >= 0.3 is 5.97 Å². The molecule has 0 fully saturated rings. The molecule has 2 radical (unpaired) electrons. The van der Waals surface area contributed by atoms with Crippen molar-refractivity contribution in [1.29, 1.82) is 0 Å². The second kappa shape index (κ2) is 5.99. The van der Waals surface area contributed by atoms with E-state index >= 15 is 0 Å². The summed E-state index contributed by atoms with van der Waals surface area (Å²) in [5, 5.41) is 1.05. The van der Waals surface area contributed by atoms with Gasteiger partial charge in [0.05, 0.1) is 6.61 Å². The molecule has 0 spiro atoms. The lowest BCUT2D eigenvalue weighted by Gasteiger charge is -2.01. The number of nitrogens with zero attached hydrogens (tertiary/aromatic N) is 1. The number of ether oxygens (including phenoxy) is 1. The number of fused-ring (bicyclic) bond motifs is 1. The van der Waals surface area contributed by atoms with E-state index in [4.69, 9.17) is 12.6 Å². The highest BCUT2D eigenvalue weighted by atomic mass is 16.5. The number of aryl methyl sites for hydroxylation is 1. The SMILES string of the molecule is [B]c1ccc2c(c1)c(/C=C(/C)C(=O)OCC)cn2CC. The zero-order chi connectivity index (χ0) is 14.7. The molecule has 1 aromatic heterocycles. The number of esters is 1. The third-order valence-electron chi connectivity index (χ3n) is 3.25. The zero-order valence-electron chi connectivity index (χ0n) is 12.1.